The number of H-pyrrole nitrogens is 2. The Kier molecular flexibility index (Phi) is 3.52. The molecule has 0 aliphatic carbocycles. The van der Waals surface area contributed by atoms with E-state index >= 15 is 0 Å². The minimum Gasteiger partial charge on any atom is -0.497 e. The van der Waals surface area contributed by atoms with Gasteiger partial charge < -0.3 is 19.6 Å². The Balaban J connectivity index is 1.54. The standard InChI is InChI=1S/C18H20N4O2/c1-11-20-16-5-6-22(10-17(16)21-11)18(23)7-12-9-19-15-4-3-13(24-2)8-14(12)15/h3-4,8-9,19H,5-7,10H2,1-2H3,(H,20,21). The number of ether oxygens (including phenoxy) is 1. The molecule has 0 atom stereocenters. The Hall–Kier alpha value is -2.76. The SMILES string of the molecule is COc1ccc2[nH]cc(CC(=O)N3CCc4nc(C)[nH]c4C3)c2c1. The first-order valence-electron chi connectivity index (χ1n) is 8.10. The van der Waals surface area contributed by atoms with Gasteiger partial charge in [0.25, 0.3) is 0 Å². The van der Waals surface area contributed by atoms with Crippen LogP contribution in [0.4, 0.5) is 0 Å². The Labute approximate surface area is 139 Å². The number of methoxy groups -OCH3 is 1. The number of benzene rings is 1. The lowest BCUT2D eigenvalue weighted by Crippen LogP contribution is -2.36. The highest BCUT2D eigenvalue weighted by molar-refractivity contribution is 5.89. The van der Waals surface area contributed by atoms with E-state index in [0.29, 0.717) is 13.0 Å². The molecule has 1 aliphatic rings. The number of aromatic nitrogens is 3. The van der Waals surface area contributed by atoms with Crippen molar-refractivity contribution in [1.82, 2.24) is 19.9 Å². The molecule has 4 rings (SSSR count). The molecular formula is C18H20N4O2. The molecule has 1 aliphatic heterocycles. The summed E-state index contributed by atoms with van der Waals surface area (Å²) in [4.78, 5) is 25.6. The topological polar surface area (TPSA) is 74.0 Å². The fraction of sp³-hybridized carbons (Fsp3) is 0.333. The minimum atomic E-state index is 0.136. The van der Waals surface area contributed by atoms with Crippen LogP contribution in [0.2, 0.25) is 0 Å². The summed E-state index contributed by atoms with van der Waals surface area (Å²) in [6, 6.07) is 5.86. The summed E-state index contributed by atoms with van der Waals surface area (Å²) >= 11 is 0. The van der Waals surface area contributed by atoms with Crippen molar-refractivity contribution < 1.29 is 9.53 Å². The van der Waals surface area contributed by atoms with Crippen LogP contribution in [0.5, 0.6) is 5.75 Å². The van der Waals surface area contributed by atoms with Gasteiger partial charge in [0, 0.05) is 30.1 Å². The molecule has 2 N–H and O–H groups in total. The van der Waals surface area contributed by atoms with Gasteiger partial charge in [-0.25, -0.2) is 4.98 Å². The first-order chi connectivity index (χ1) is 11.6. The molecule has 0 unspecified atom stereocenters. The molecule has 3 heterocycles. The zero-order valence-corrected chi connectivity index (χ0v) is 13.8. The second-order valence-electron chi connectivity index (χ2n) is 6.21. The van der Waals surface area contributed by atoms with E-state index in [9.17, 15) is 4.79 Å². The number of imidazole rings is 1. The number of hydrogen-bond acceptors (Lipinski definition) is 3. The van der Waals surface area contributed by atoms with Crippen molar-refractivity contribution in [1.29, 1.82) is 0 Å². The van der Waals surface area contributed by atoms with Gasteiger partial charge in [0.05, 0.1) is 31.5 Å². The lowest BCUT2D eigenvalue weighted by Gasteiger charge is -2.26. The summed E-state index contributed by atoms with van der Waals surface area (Å²) in [6.07, 6.45) is 3.11. The van der Waals surface area contributed by atoms with Crippen LogP contribution in [0, 0.1) is 6.92 Å². The number of carbonyl (C=O) groups excluding carboxylic acids is 1. The maximum atomic E-state index is 12.7. The van der Waals surface area contributed by atoms with Crippen LogP contribution in [0.15, 0.2) is 24.4 Å². The van der Waals surface area contributed by atoms with E-state index < -0.39 is 0 Å². The quantitative estimate of drug-likeness (QED) is 0.776. The van der Waals surface area contributed by atoms with Crippen LogP contribution in [0.25, 0.3) is 10.9 Å². The Morgan fingerprint density at radius 1 is 1.42 bits per heavy atom. The van der Waals surface area contributed by atoms with Gasteiger partial charge in [0.1, 0.15) is 11.6 Å². The average molecular weight is 324 g/mol. The van der Waals surface area contributed by atoms with Crippen LogP contribution >= 0.6 is 0 Å². The highest BCUT2D eigenvalue weighted by Gasteiger charge is 2.23. The third-order valence-electron chi connectivity index (χ3n) is 4.62. The highest BCUT2D eigenvalue weighted by atomic mass is 16.5. The molecule has 0 bridgehead atoms. The molecule has 0 spiro atoms. The number of fused-ring (bicyclic) bond motifs is 2. The predicted octanol–water partition coefficient (Wildman–Crippen LogP) is 2.34. The summed E-state index contributed by atoms with van der Waals surface area (Å²) in [5, 5.41) is 1.04. The van der Waals surface area contributed by atoms with Crippen LogP contribution in [0.1, 0.15) is 22.8 Å². The summed E-state index contributed by atoms with van der Waals surface area (Å²) < 4.78 is 5.29. The van der Waals surface area contributed by atoms with E-state index in [1.54, 1.807) is 7.11 Å². The number of rotatable bonds is 3. The molecule has 1 aromatic carbocycles. The second-order valence-corrected chi connectivity index (χ2v) is 6.21. The summed E-state index contributed by atoms with van der Waals surface area (Å²) in [7, 11) is 1.65. The molecule has 0 radical (unpaired) electrons. The van der Waals surface area contributed by atoms with Crippen molar-refractivity contribution in [3.8, 4) is 5.75 Å². The van der Waals surface area contributed by atoms with Gasteiger partial charge >= 0.3 is 0 Å². The van der Waals surface area contributed by atoms with E-state index in [0.717, 1.165) is 52.4 Å². The van der Waals surface area contributed by atoms with Crippen molar-refractivity contribution in [3.05, 3.63) is 47.2 Å². The normalized spacial score (nSPS) is 14.0. The molecule has 0 saturated carbocycles. The maximum Gasteiger partial charge on any atom is 0.227 e. The number of amides is 1. The molecule has 0 saturated heterocycles. The highest BCUT2D eigenvalue weighted by Crippen LogP contribution is 2.25. The van der Waals surface area contributed by atoms with Gasteiger partial charge in [-0.05, 0) is 30.7 Å². The summed E-state index contributed by atoms with van der Waals surface area (Å²) in [5.41, 5.74) is 4.17. The number of nitrogens with zero attached hydrogens (tertiary/aromatic N) is 2. The zero-order chi connectivity index (χ0) is 16.7. The average Bonchev–Trinajstić information content (AvgIpc) is 3.16. The smallest absolute Gasteiger partial charge is 0.227 e. The first-order valence-corrected chi connectivity index (χ1v) is 8.10. The van der Waals surface area contributed by atoms with Crippen LogP contribution in [0.3, 0.4) is 0 Å². The molecule has 6 heteroatoms. The summed E-state index contributed by atoms with van der Waals surface area (Å²) in [6.45, 7) is 3.28. The van der Waals surface area contributed by atoms with Crippen LogP contribution < -0.4 is 4.74 Å². The van der Waals surface area contributed by atoms with Gasteiger partial charge in [-0.15, -0.1) is 0 Å². The molecule has 124 valence electrons. The predicted molar refractivity (Wildman–Crippen MR) is 91.0 cm³/mol. The summed E-state index contributed by atoms with van der Waals surface area (Å²) in [5.74, 6) is 1.85. The lowest BCUT2D eigenvalue weighted by molar-refractivity contribution is -0.131. The van der Waals surface area contributed by atoms with Gasteiger partial charge in [0.2, 0.25) is 5.91 Å². The Morgan fingerprint density at radius 3 is 3.12 bits per heavy atom. The lowest BCUT2D eigenvalue weighted by atomic mass is 10.1. The largest absolute Gasteiger partial charge is 0.497 e. The molecule has 2 aromatic heterocycles. The Bertz CT molecular complexity index is 909. The number of aryl methyl sites for hydroxylation is 1. The van der Waals surface area contributed by atoms with Crippen molar-refractivity contribution in [2.45, 2.75) is 26.3 Å². The number of hydrogen-bond donors (Lipinski definition) is 2. The van der Waals surface area contributed by atoms with Crippen molar-refractivity contribution >= 4 is 16.8 Å². The van der Waals surface area contributed by atoms with Gasteiger partial charge in [0.15, 0.2) is 0 Å². The van der Waals surface area contributed by atoms with Crippen molar-refractivity contribution in [2.24, 2.45) is 0 Å². The van der Waals surface area contributed by atoms with Gasteiger partial charge in [-0.2, -0.15) is 0 Å². The van der Waals surface area contributed by atoms with E-state index in [4.69, 9.17) is 4.74 Å². The molecule has 6 nitrogen and oxygen atoms in total. The third-order valence-corrected chi connectivity index (χ3v) is 4.62. The minimum absolute atomic E-state index is 0.136. The van der Waals surface area contributed by atoms with Gasteiger partial charge in [-0.3, -0.25) is 4.79 Å². The third kappa shape index (κ3) is 2.54. The number of nitrogens with one attached hydrogen (secondary N) is 2. The van der Waals surface area contributed by atoms with Crippen LogP contribution in [-0.4, -0.2) is 39.4 Å². The molecule has 3 aromatic rings. The van der Waals surface area contributed by atoms with Crippen LogP contribution in [-0.2, 0) is 24.2 Å². The molecule has 24 heavy (non-hydrogen) atoms. The fourth-order valence-corrected chi connectivity index (χ4v) is 3.36. The fourth-order valence-electron chi connectivity index (χ4n) is 3.36. The van der Waals surface area contributed by atoms with Gasteiger partial charge in [-0.1, -0.05) is 0 Å². The van der Waals surface area contributed by atoms with Crippen molar-refractivity contribution in [3.63, 3.8) is 0 Å². The number of aromatic amines is 2. The monoisotopic (exact) mass is 324 g/mol. The van der Waals surface area contributed by atoms with E-state index in [1.165, 1.54) is 0 Å². The number of carbonyl (C=O) groups is 1. The van der Waals surface area contributed by atoms with E-state index in [2.05, 4.69) is 15.0 Å². The molecule has 0 fully saturated rings. The molecular weight excluding hydrogens is 304 g/mol. The van der Waals surface area contributed by atoms with Crippen molar-refractivity contribution in [2.75, 3.05) is 13.7 Å². The zero-order valence-electron chi connectivity index (χ0n) is 13.8. The Morgan fingerprint density at radius 2 is 2.29 bits per heavy atom. The maximum absolute atomic E-state index is 12.7. The molecule has 1 amide bonds. The second kappa shape index (κ2) is 5.70. The van der Waals surface area contributed by atoms with E-state index in [-0.39, 0.29) is 5.91 Å². The first kappa shape index (κ1) is 14.8. The van der Waals surface area contributed by atoms with E-state index in [1.807, 2.05) is 36.2 Å².